The van der Waals surface area contributed by atoms with Gasteiger partial charge >= 0.3 is 0 Å². The van der Waals surface area contributed by atoms with Crippen molar-refractivity contribution in [2.75, 3.05) is 13.2 Å². The number of nitrogens with two attached hydrogens (primary N) is 1. The number of nitrogens with zero attached hydrogens (tertiary/aromatic N) is 3. The van der Waals surface area contributed by atoms with Crippen LogP contribution < -0.4 is 11.1 Å². The number of benzene rings is 1. The number of halogens is 1. The predicted molar refractivity (Wildman–Crippen MR) is 123 cm³/mol. The second-order valence-electron chi connectivity index (χ2n) is 9.68. The molecule has 170 valence electrons. The lowest BCUT2D eigenvalue weighted by atomic mass is 9.68. The lowest BCUT2D eigenvalue weighted by Crippen LogP contribution is -2.56. The van der Waals surface area contributed by atoms with Gasteiger partial charge in [0.05, 0.1) is 13.1 Å². The van der Waals surface area contributed by atoms with E-state index in [4.69, 9.17) is 22.4 Å². The van der Waals surface area contributed by atoms with Crippen LogP contribution >= 0.6 is 11.6 Å². The van der Waals surface area contributed by atoms with Crippen LogP contribution in [0.4, 0.5) is 0 Å². The first-order chi connectivity index (χ1) is 14.7. The molecule has 1 aromatic carbocycles. The van der Waals surface area contributed by atoms with E-state index in [2.05, 4.69) is 41.3 Å². The molecule has 31 heavy (non-hydrogen) atoms. The van der Waals surface area contributed by atoms with Crippen molar-refractivity contribution >= 4 is 23.3 Å². The molecule has 0 saturated heterocycles. The summed E-state index contributed by atoms with van der Waals surface area (Å²) >= 11 is 5.93. The molecule has 0 aromatic heterocycles. The number of rotatable bonds is 9. The van der Waals surface area contributed by atoms with E-state index in [-0.39, 0.29) is 35.2 Å². The number of amidine groups is 1. The zero-order valence-corrected chi connectivity index (χ0v) is 19.4. The molecule has 4 N–H and O–H groups in total. The van der Waals surface area contributed by atoms with Gasteiger partial charge in [0, 0.05) is 17.7 Å². The highest BCUT2D eigenvalue weighted by Gasteiger charge is 2.60. The van der Waals surface area contributed by atoms with Gasteiger partial charge in [-0.25, -0.2) is 0 Å². The molecule has 2 bridgehead atoms. The summed E-state index contributed by atoms with van der Waals surface area (Å²) in [5.41, 5.74) is 7.28. The molecule has 0 radical (unpaired) electrons. The van der Waals surface area contributed by atoms with E-state index in [1.807, 2.05) is 12.1 Å². The molecule has 2 saturated carbocycles. The highest BCUT2D eigenvalue weighted by molar-refractivity contribution is 6.30. The van der Waals surface area contributed by atoms with Gasteiger partial charge < -0.3 is 16.2 Å². The maximum Gasteiger partial charge on any atom is 0.254 e. The number of aliphatic imine (C=N–C) groups is 1. The topological polar surface area (TPSA) is 112 Å². The number of aliphatic hydroxyl groups is 1. The van der Waals surface area contributed by atoms with Gasteiger partial charge in [0.2, 0.25) is 6.04 Å². The quantitative estimate of drug-likeness (QED) is 0.232. The average Bonchev–Trinajstić information content (AvgIpc) is 3.21. The molecule has 2 aliphatic rings. The molecule has 7 nitrogen and oxygen atoms in total. The number of amides is 1. The summed E-state index contributed by atoms with van der Waals surface area (Å²) in [6, 6.07) is 6.40. The van der Waals surface area contributed by atoms with Crippen molar-refractivity contribution in [3.8, 4) is 0 Å². The van der Waals surface area contributed by atoms with Crippen LogP contribution in [-0.4, -0.2) is 42.1 Å². The molecule has 1 aromatic rings. The summed E-state index contributed by atoms with van der Waals surface area (Å²) in [4.78, 5) is 17.7. The molecule has 8 heteroatoms. The Hall–Kier alpha value is -1.99. The largest absolute Gasteiger partial charge is 0.396 e. The summed E-state index contributed by atoms with van der Waals surface area (Å²) in [6.45, 7) is 7.42. The van der Waals surface area contributed by atoms with Gasteiger partial charge in [0.1, 0.15) is 5.84 Å². The first kappa shape index (κ1) is 23.7. The van der Waals surface area contributed by atoms with Gasteiger partial charge in [-0.1, -0.05) is 44.5 Å². The Balaban J connectivity index is 1.75. The lowest BCUT2D eigenvalue weighted by Gasteiger charge is -2.43. The van der Waals surface area contributed by atoms with Crippen LogP contribution in [0.1, 0.15) is 52.0 Å². The maximum absolute atomic E-state index is 13.3. The monoisotopic (exact) mass is 447 g/mol. The van der Waals surface area contributed by atoms with Crippen molar-refractivity contribution in [2.45, 2.75) is 65.1 Å². The van der Waals surface area contributed by atoms with E-state index in [0.717, 1.165) is 18.4 Å². The summed E-state index contributed by atoms with van der Waals surface area (Å²) in [5, 5.41) is 21.1. The van der Waals surface area contributed by atoms with Gasteiger partial charge in [-0.3, -0.25) is 9.79 Å². The summed E-state index contributed by atoms with van der Waals surface area (Å²) in [6.07, 6.45) is 3.95. The first-order valence-electron chi connectivity index (χ1n) is 11.0. The first-order valence-corrected chi connectivity index (χ1v) is 11.4. The van der Waals surface area contributed by atoms with Crippen molar-refractivity contribution in [3.63, 3.8) is 0 Å². The normalized spacial score (nSPS) is 28.2. The molecule has 2 aliphatic carbocycles. The van der Waals surface area contributed by atoms with Crippen molar-refractivity contribution in [1.29, 1.82) is 0 Å². The standard InChI is InChI=1S/C23H34ClN5O2/c1-22(2)16-9-10-23(3,13-16)21(22)28-20(31)18(29-27-11-4-12-30)19(25)26-14-15-5-7-17(24)8-6-15/h5-8,16,18,21,30H,4,9-14H2,1-3H3,(H2,25,26)(H,28,31). The highest BCUT2D eigenvalue weighted by Crippen LogP contribution is 2.62. The molecule has 0 spiro atoms. The molecule has 2 fully saturated rings. The van der Waals surface area contributed by atoms with Gasteiger partial charge in [-0.05, 0) is 60.1 Å². The van der Waals surface area contributed by atoms with Crippen molar-refractivity contribution in [1.82, 2.24) is 5.32 Å². The molecule has 4 atom stereocenters. The fraction of sp³-hybridized carbons (Fsp3) is 0.652. The zero-order chi connectivity index (χ0) is 22.6. The van der Waals surface area contributed by atoms with Crippen LogP contribution in [0.2, 0.25) is 5.02 Å². The molecular formula is C23H34ClN5O2. The van der Waals surface area contributed by atoms with Gasteiger partial charge in [0.15, 0.2) is 0 Å². The Bertz CT molecular complexity index is 834. The van der Waals surface area contributed by atoms with E-state index in [1.54, 1.807) is 12.1 Å². The third-order valence-corrected chi connectivity index (χ3v) is 7.31. The molecule has 4 unspecified atom stereocenters. The van der Waals surface area contributed by atoms with Crippen molar-refractivity contribution in [3.05, 3.63) is 34.9 Å². The fourth-order valence-electron chi connectivity index (χ4n) is 5.27. The second kappa shape index (κ2) is 9.65. The number of carbonyl (C=O) groups is 1. The SMILES string of the molecule is CC12CCC(C1)C(C)(C)C2NC(=O)C(N=NCCCO)C(N)=NCc1ccc(Cl)cc1. The van der Waals surface area contributed by atoms with E-state index in [0.29, 0.717) is 30.5 Å². The second-order valence-corrected chi connectivity index (χ2v) is 10.1. The zero-order valence-electron chi connectivity index (χ0n) is 18.6. The minimum absolute atomic E-state index is 0.0199. The van der Waals surface area contributed by atoms with E-state index < -0.39 is 6.04 Å². The lowest BCUT2D eigenvalue weighted by molar-refractivity contribution is -0.123. The van der Waals surface area contributed by atoms with E-state index in [1.165, 1.54) is 6.42 Å². The van der Waals surface area contributed by atoms with Gasteiger partial charge in [0.25, 0.3) is 5.91 Å². The summed E-state index contributed by atoms with van der Waals surface area (Å²) < 4.78 is 0. The minimum Gasteiger partial charge on any atom is -0.396 e. The minimum atomic E-state index is -0.982. The fourth-order valence-corrected chi connectivity index (χ4v) is 5.40. The summed E-state index contributed by atoms with van der Waals surface area (Å²) in [7, 11) is 0. The summed E-state index contributed by atoms with van der Waals surface area (Å²) in [5.74, 6) is 0.478. The molecular weight excluding hydrogens is 414 g/mol. The number of hydrogen-bond donors (Lipinski definition) is 3. The number of aliphatic hydroxyl groups excluding tert-OH is 1. The Labute approximate surface area is 189 Å². The Morgan fingerprint density at radius 1 is 1.32 bits per heavy atom. The maximum atomic E-state index is 13.3. The van der Waals surface area contributed by atoms with Gasteiger partial charge in [-0.2, -0.15) is 10.2 Å². The van der Waals surface area contributed by atoms with Crippen LogP contribution in [0.3, 0.4) is 0 Å². The van der Waals surface area contributed by atoms with Crippen molar-refractivity contribution < 1.29 is 9.90 Å². The number of fused-ring (bicyclic) bond motifs is 2. The third kappa shape index (κ3) is 5.26. The number of hydrogen-bond acceptors (Lipinski definition) is 5. The van der Waals surface area contributed by atoms with Crippen LogP contribution in [-0.2, 0) is 11.3 Å². The van der Waals surface area contributed by atoms with Gasteiger partial charge in [-0.15, -0.1) is 0 Å². The Morgan fingerprint density at radius 3 is 2.65 bits per heavy atom. The Kier molecular flexibility index (Phi) is 7.37. The number of carbonyl (C=O) groups excluding carboxylic acids is 1. The Morgan fingerprint density at radius 2 is 2.03 bits per heavy atom. The molecule has 0 aliphatic heterocycles. The van der Waals surface area contributed by atoms with E-state index in [9.17, 15) is 4.79 Å². The number of nitrogens with one attached hydrogen (secondary N) is 1. The van der Waals surface area contributed by atoms with Crippen molar-refractivity contribution in [2.24, 2.45) is 37.7 Å². The predicted octanol–water partition coefficient (Wildman–Crippen LogP) is 3.73. The number of azo groups is 1. The van der Waals surface area contributed by atoms with Crippen LogP contribution in [0.15, 0.2) is 39.5 Å². The van der Waals surface area contributed by atoms with Crippen LogP contribution in [0.25, 0.3) is 0 Å². The van der Waals surface area contributed by atoms with E-state index >= 15 is 0 Å². The average molecular weight is 448 g/mol. The smallest absolute Gasteiger partial charge is 0.254 e. The van der Waals surface area contributed by atoms with Crippen LogP contribution in [0.5, 0.6) is 0 Å². The molecule has 3 rings (SSSR count). The van der Waals surface area contributed by atoms with Crippen LogP contribution in [0, 0.1) is 16.7 Å². The third-order valence-electron chi connectivity index (χ3n) is 7.06. The highest BCUT2D eigenvalue weighted by atomic mass is 35.5. The molecule has 1 amide bonds. The molecule has 0 heterocycles.